The van der Waals surface area contributed by atoms with Crippen molar-refractivity contribution < 1.29 is 57.8 Å². The van der Waals surface area contributed by atoms with E-state index in [1.54, 1.807) is 0 Å². The quantitative estimate of drug-likeness (QED) is 0.0538. The number of anilines is 2. The molecule has 0 amide bonds. The van der Waals surface area contributed by atoms with Crippen molar-refractivity contribution in [3.8, 4) is 17.0 Å². The number of nitrogens with one attached hydrogen (secondary N) is 1. The summed E-state index contributed by atoms with van der Waals surface area (Å²) in [6, 6.07) is 0.869. The maximum absolute atomic E-state index is 14.9. The fourth-order valence-electron chi connectivity index (χ4n) is 8.27. The smallest absolute Gasteiger partial charge is 0.416 e. The van der Waals surface area contributed by atoms with Gasteiger partial charge in [0, 0.05) is 29.7 Å². The third kappa shape index (κ3) is 10.8. The van der Waals surface area contributed by atoms with Gasteiger partial charge in [0.2, 0.25) is 5.88 Å². The zero-order chi connectivity index (χ0) is 50.3. The van der Waals surface area contributed by atoms with E-state index in [0.29, 0.717) is 37.8 Å². The van der Waals surface area contributed by atoms with Crippen LogP contribution in [0.4, 0.5) is 69.7 Å². The van der Waals surface area contributed by atoms with E-state index in [1.165, 1.54) is 0 Å². The summed E-state index contributed by atoms with van der Waals surface area (Å²) in [5, 5.41) is 11.7. The summed E-state index contributed by atoms with van der Waals surface area (Å²) in [5.41, 5.74) is -13.7. The Morgan fingerprint density at radius 1 is 0.515 bits per heavy atom. The number of hydrogen-bond donors (Lipinski definition) is 2. The summed E-state index contributed by atoms with van der Waals surface area (Å²) < 4.78 is 171. The van der Waals surface area contributed by atoms with Crippen molar-refractivity contribution >= 4 is 70.5 Å². The first-order valence-corrected chi connectivity index (χ1v) is 23.2. The number of aromatic hydroxyl groups is 1. The lowest BCUT2D eigenvalue weighted by atomic mass is 9.89. The summed E-state index contributed by atoms with van der Waals surface area (Å²) in [7, 11) is 0. The number of hydrogen-bond acceptors (Lipinski definition) is 6. The molecular weight excluding hydrogens is 1060 g/mol. The number of halogens is 14. The normalized spacial score (nSPS) is 13.3. The van der Waals surface area contributed by atoms with Crippen LogP contribution < -0.4 is 27.4 Å². The number of benzene rings is 4. The molecule has 0 spiro atoms. The van der Waals surface area contributed by atoms with E-state index in [0.717, 1.165) is 47.7 Å². The predicted molar refractivity (Wildman–Crippen MR) is 240 cm³/mol. The first-order valence-electron chi connectivity index (χ1n) is 21.6. The first-order chi connectivity index (χ1) is 31.7. The van der Waals surface area contributed by atoms with Gasteiger partial charge >= 0.3 is 24.7 Å². The highest BCUT2D eigenvalue weighted by Gasteiger charge is 2.40. The molecule has 4 aromatic rings. The molecule has 68 heavy (non-hydrogen) atoms. The van der Waals surface area contributed by atoms with Crippen molar-refractivity contribution in [3.05, 3.63) is 104 Å². The zero-order valence-corrected chi connectivity index (χ0v) is 39.3. The minimum absolute atomic E-state index is 0.137. The van der Waals surface area contributed by atoms with Gasteiger partial charge < -0.3 is 10.4 Å². The van der Waals surface area contributed by atoms with Crippen molar-refractivity contribution in [2.24, 2.45) is 4.99 Å². The average Bonchev–Trinajstić information content (AvgIpc) is 3.24. The first kappa shape index (κ1) is 52.5. The summed E-state index contributed by atoms with van der Waals surface area (Å²) in [6.07, 6.45) is -13.4. The van der Waals surface area contributed by atoms with E-state index in [4.69, 9.17) is 0 Å². The second-order valence-corrected chi connectivity index (χ2v) is 18.1. The lowest BCUT2D eigenvalue weighted by Crippen LogP contribution is -2.37. The van der Waals surface area contributed by atoms with Crippen LogP contribution in [0.2, 0.25) is 0 Å². The Labute approximate surface area is 396 Å². The summed E-state index contributed by atoms with van der Waals surface area (Å²) in [6.45, 7) is 3.39. The molecule has 368 valence electrons. The number of alkyl halides is 12. The SMILES string of the molecule is CCCCCCCCn1c(O)c2c(Nc3cc(C(F)(F)F)cc(C(F)(F)F)c3)c(Br)c3c4c2c(c(=Nc2cc(C(F)(F)F)cc(C(F)(F)F)c2)c(Br)c-4c(=O)n(CCCCCCCC)c3=O)c1=O. The van der Waals surface area contributed by atoms with E-state index in [-0.39, 0.29) is 55.8 Å². The third-order valence-corrected chi connectivity index (χ3v) is 13.2. The van der Waals surface area contributed by atoms with Crippen LogP contribution >= 0.6 is 31.9 Å². The molecule has 2 aliphatic rings. The van der Waals surface area contributed by atoms with Gasteiger partial charge in [0.1, 0.15) is 0 Å². The Bertz CT molecular complexity index is 2970. The fourth-order valence-corrected chi connectivity index (χ4v) is 9.59. The Hall–Kier alpha value is -4.86. The van der Waals surface area contributed by atoms with E-state index in [9.17, 15) is 72.2 Å². The van der Waals surface area contributed by atoms with Gasteiger partial charge in [-0.1, -0.05) is 78.1 Å². The standard InChI is InChI=1S/C46H42Br2F12N4O4/c1-3-5-7-9-11-13-15-63-39(65)31-29-30-33(37(35(31)47)61-27-19-23(43(49,50)51)17-24(20-27)44(52,53)54)41(67)64(16-14-12-10-8-6-4-2)42(68)34(30)38(36(48)32(29)40(63)66)62-28-21-25(45(55,56)57)18-26(22-28)46(58,59)60/h17-22,61,67H,3-16H2,1-2H3. The molecule has 0 fully saturated rings. The van der Waals surface area contributed by atoms with Crippen LogP contribution in [-0.4, -0.2) is 14.2 Å². The highest BCUT2D eigenvalue weighted by molar-refractivity contribution is 9.11. The highest BCUT2D eigenvalue weighted by atomic mass is 79.9. The van der Waals surface area contributed by atoms with Crippen molar-refractivity contribution in [2.45, 2.75) is 129 Å². The Balaban J connectivity index is 1.83. The maximum Gasteiger partial charge on any atom is 0.416 e. The molecule has 2 N–H and O–H groups in total. The number of unbranched alkanes of at least 4 members (excludes halogenated alkanes) is 10. The van der Waals surface area contributed by atoms with Crippen LogP contribution in [0.3, 0.4) is 0 Å². The second kappa shape index (κ2) is 20.2. The lowest BCUT2D eigenvalue weighted by molar-refractivity contribution is -0.144. The predicted octanol–water partition coefficient (Wildman–Crippen LogP) is 14.7. The van der Waals surface area contributed by atoms with Crippen LogP contribution in [0, 0.1) is 0 Å². The van der Waals surface area contributed by atoms with E-state index in [1.807, 2.05) is 13.8 Å². The molecule has 0 radical (unpaired) electrons. The maximum atomic E-state index is 14.9. The topological polar surface area (TPSA) is 106 Å². The summed E-state index contributed by atoms with van der Waals surface area (Å²) in [4.78, 5) is 48.4. The Morgan fingerprint density at radius 3 is 1.41 bits per heavy atom. The largest absolute Gasteiger partial charge is 0.494 e. The second-order valence-electron chi connectivity index (χ2n) is 16.5. The van der Waals surface area contributed by atoms with E-state index >= 15 is 0 Å². The summed E-state index contributed by atoms with van der Waals surface area (Å²) >= 11 is 6.56. The molecule has 0 atom stereocenters. The lowest BCUT2D eigenvalue weighted by Gasteiger charge is -2.25. The van der Waals surface area contributed by atoms with Gasteiger partial charge in [-0.3, -0.25) is 23.5 Å². The van der Waals surface area contributed by atoms with Gasteiger partial charge in [0.05, 0.1) is 69.7 Å². The van der Waals surface area contributed by atoms with Crippen molar-refractivity contribution in [2.75, 3.05) is 5.32 Å². The van der Waals surface area contributed by atoms with Crippen molar-refractivity contribution in [1.82, 2.24) is 9.13 Å². The van der Waals surface area contributed by atoms with Crippen LogP contribution in [0.5, 0.6) is 5.88 Å². The van der Waals surface area contributed by atoms with Crippen LogP contribution in [0.15, 0.2) is 64.7 Å². The van der Waals surface area contributed by atoms with Gasteiger partial charge in [-0.2, -0.15) is 52.7 Å². The molecule has 2 heterocycles. The van der Waals surface area contributed by atoms with Crippen molar-refractivity contribution in [3.63, 3.8) is 0 Å². The molecule has 0 saturated carbocycles. The molecule has 22 heteroatoms. The average molecular weight is 1100 g/mol. The van der Waals surface area contributed by atoms with E-state index < -0.39 is 128 Å². The van der Waals surface area contributed by atoms with Gasteiger partial charge in [-0.15, -0.1) is 0 Å². The monoisotopic (exact) mass is 1100 g/mol. The third-order valence-electron chi connectivity index (χ3n) is 11.6. The number of nitrogens with zero attached hydrogens (tertiary/aromatic N) is 3. The van der Waals surface area contributed by atoms with Gasteiger partial charge in [-0.25, -0.2) is 4.99 Å². The molecule has 0 unspecified atom stereocenters. The Kier molecular flexibility index (Phi) is 15.6. The molecule has 1 aliphatic carbocycles. The number of aromatic nitrogens is 2. The number of pyridine rings is 2. The molecule has 1 aromatic heterocycles. The van der Waals surface area contributed by atoms with Gasteiger partial charge in [-0.05, 0) is 81.1 Å². The molecule has 8 nitrogen and oxygen atoms in total. The van der Waals surface area contributed by atoms with Gasteiger partial charge in [0.15, 0.2) is 0 Å². The minimum Gasteiger partial charge on any atom is -0.494 e. The molecular formula is C46H42Br2F12N4O4. The van der Waals surface area contributed by atoms with Gasteiger partial charge in [0.25, 0.3) is 16.7 Å². The summed E-state index contributed by atoms with van der Waals surface area (Å²) in [5.74, 6) is -0.958. The van der Waals surface area contributed by atoms with Crippen molar-refractivity contribution in [1.29, 1.82) is 0 Å². The molecule has 6 rings (SSSR count). The molecule has 3 aromatic carbocycles. The van der Waals surface area contributed by atoms with Crippen LogP contribution in [-0.2, 0) is 37.8 Å². The van der Waals surface area contributed by atoms with E-state index in [2.05, 4.69) is 42.2 Å². The zero-order valence-electron chi connectivity index (χ0n) is 36.2. The van der Waals surface area contributed by atoms with Crippen LogP contribution in [0.1, 0.15) is 113 Å². The molecule has 0 saturated heterocycles. The molecule has 1 aliphatic heterocycles. The minimum atomic E-state index is -5.35. The molecule has 0 bridgehead atoms. The highest BCUT2D eigenvalue weighted by Crippen LogP contribution is 2.50. The Morgan fingerprint density at radius 2 is 0.941 bits per heavy atom. The van der Waals surface area contributed by atoms with Crippen LogP contribution in [0.25, 0.3) is 32.7 Å². The number of rotatable bonds is 17. The fraction of sp³-hybridized carbons (Fsp3) is 0.435.